The number of carbonyl (C=O) groups excluding carboxylic acids is 1. The first kappa shape index (κ1) is 54.8. The number of carboxylic acids is 1. The maximum Gasteiger partial charge on any atom is 0.471 e. The van der Waals surface area contributed by atoms with Crippen LogP contribution in [0.15, 0.2) is 94.8 Å². The second-order valence-electron chi connectivity index (χ2n) is 17.8. The summed E-state index contributed by atoms with van der Waals surface area (Å²) < 4.78 is 95.6. The van der Waals surface area contributed by atoms with E-state index in [1.165, 1.54) is 73.8 Å². The third kappa shape index (κ3) is 12.5. The Morgan fingerprint density at radius 1 is 0.667 bits per heavy atom. The summed E-state index contributed by atoms with van der Waals surface area (Å²) in [6, 6.07) is 12.7. The highest BCUT2D eigenvalue weighted by Gasteiger charge is 2.46. The summed E-state index contributed by atoms with van der Waals surface area (Å²) in [5.74, 6) is -2.95. The van der Waals surface area contributed by atoms with Crippen LogP contribution in [0.3, 0.4) is 0 Å². The van der Waals surface area contributed by atoms with Crippen molar-refractivity contribution in [3.05, 3.63) is 119 Å². The van der Waals surface area contributed by atoms with Crippen LogP contribution in [0.5, 0.6) is 0 Å². The van der Waals surface area contributed by atoms with E-state index in [9.17, 15) is 35.9 Å². The number of nitrogens with zero attached hydrogens (tertiary/aromatic N) is 15. The number of likely N-dealkylation sites (tertiary alicyclic amines) is 1. The molecule has 12 heterocycles. The first-order valence-corrected chi connectivity index (χ1v) is 24.8. The van der Waals surface area contributed by atoms with Gasteiger partial charge in [0.2, 0.25) is 11.6 Å². The summed E-state index contributed by atoms with van der Waals surface area (Å²) in [5, 5.41) is 35.3. The predicted octanol–water partition coefficient (Wildman–Crippen LogP) is 7.81. The van der Waals surface area contributed by atoms with E-state index in [4.69, 9.17) is 14.6 Å². The first-order valence-electron chi connectivity index (χ1n) is 23.2. The maximum atomic E-state index is 13.0. The Labute approximate surface area is 445 Å². The molecule has 8 aromatic rings. The quantitative estimate of drug-likeness (QED) is 0.110. The van der Waals surface area contributed by atoms with Crippen molar-refractivity contribution in [1.82, 2.24) is 70.8 Å². The van der Waals surface area contributed by atoms with E-state index >= 15 is 0 Å². The number of alkyl halides is 6. The zero-order valence-corrected chi connectivity index (χ0v) is 41.4. The zero-order chi connectivity index (χ0) is 53.8. The summed E-state index contributed by atoms with van der Waals surface area (Å²) in [4.78, 5) is 54.9. The van der Waals surface area contributed by atoms with E-state index in [-0.39, 0.29) is 54.9 Å². The number of nitrogens with one attached hydrogen (secondary N) is 1. The highest BCUT2D eigenvalue weighted by Crippen LogP contribution is 2.39. The van der Waals surface area contributed by atoms with Crippen molar-refractivity contribution < 1.29 is 59.6 Å². The highest BCUT2D eigenvalue weighted by molar-refractivity contribution is 7.15. The van der Waals surface area contributed by atoms with Crippen LogP contribution < -0.4 is 15.1 Å². The lowest BCUT2D eigenvalue weighted by Gasteiger charge is -2.37. The lowest BCUT2D eigenvalue weighted by Crippen LogP contribution is -2.56. The minimum atomic E-state index is -4.73. The molecule has 0 bridgehead atoms. The van der Waals surface area contributed by atoms with Crippen molar-refractivity contribution in [3.63, 3.8) is 0 Å². The van der Waals surface area contributed by atoms with Gasteiger partial charge in [0.25, 0.3) is 5.91 Å². The molecule has 31 heteroatoms. The van der Waals surface area contributed by atoms with E-state index in [2.05, 4.69) is 75.0 Å². The standard InChI is InChI=1S/C23H19F3N8O3S.C17H10F3N7O3S.C6H11NO.CH4/c24-23(25,26)21-29-19(32-37-21)16-3-1-14(38-16)10-34(18-9-27-6-7-28-18)17-4-2-15(30-31-17)20(35)33-8-5-22(11-33)12-36-13-22;18-17(19,20)16-23-14(26-30-16)11-3-1-9(31-11)8-27(13-7-21-5-6-22-13)12-4-2-10(15(28)29)24-25-12;1-2-6(7-3-1)4-8-5-6;/h1-4,6-7,9H,5,8,10-13H2;1-7H,8H2,(H,28,29);7H,1-5H2;1H4. The molecule has 0 unspecified atom stereocenters. The van der Waals surface area contributed by atoms with Gasteiger partial charge in [-0.15, -0.1) is 43.1 Å². The molecule has 2 N–H and O–H groups in total. The van der Waals surface area contributed by atoms with Crippen LogP contribution in [0.1, 0.15) is 69.2 Å². The van der Waals surface area contributed by atoms with E-state index in [1.54, 1.807) is 57.3 Å². The van der Waals surface area contributed by atoms with Crippen LogP contribution in [0.4, 0.5) is 49.6 Å². The van der Waals surface area contributed by atoms with Gasteiger partial charge in [0.05, 0.1) is 67.2 Å². The molecule has 4 saturated heterocycles. The summed E-state index contributed by atoms with van der Waals surface area (Å²) in [6.45, 7) is 6.21. The number of hydrogen-bond donors (Lipinski definition) is 2. The van der Waals surface area contributed by atoms with Gasteiger partial charge in [0.15, 0.2) is 34.7 Å². The molecular weight excluding hydrogens is 1080 g/mol. The van der Waals surface area contributed by atoms with Crippen molar-refractivity contribution in [3.8, 4) is 21.4 Å². The normalized spacial score (nSPS) is 16.0. The molecule has 2 spiro atoms. The molecular formula is C47H44F6N16O7S2. The minimum Gasteiger partial charge on any atom is -0.476 e. The number of amides is 1. The maximum absolute atomic E-state index is 13.0. The van der Waals surface area contributed by atoms with Gasteiger partial charge in [0, 0.05) is 53.0 Å². The SMILES string of the molecule is C.C1CNC2(C1)COC2.O=C(O)c1ccc(N(Cc2ccc(-c3noc(C(F)(F)F)n3)s2)c2cnccn2)nn1.O=C(c1ccc(N(Cc2ccc(-c3noc(C(F)(F)F)n3)s2)c2cnccn2)nn1)N1CCC2(COC2)C1. The summed E-state index contributed by atoms with van der Waals surface area (Å²) in [5.41, 5.74) is 0.529. The molecule has 1 amide bonds. The third-order valence-corrected chi connectivity index (χ3v) is 14.4. The van der Waals surface area contributed by atoms with Crippen LogP contribution in [0.25, 0.3) is 21.4 Å². The van der Waals surface area contributed by atoms with Crippen molar-refractivity contribution >= 4 is 57.8 Å². The number of ether oxygens (including phenoxy) is 2. The Bertz CT molecular complexity index is 3280. The molecule has 23 nitrogen and oxygen atoms in total. The number of halogens is 6. The van der Waals surface area contributed by atoms with Gasteiger partial charge in [-0.05, 0) is 74.3 Å². The molecule has 408 valence electrons. The fourth-order valence-electron chi connectivity index (χ4n) is 8.30. The predicted molar refractivity (Wildman–Crippen MR) is 263 cm³/mol. The number of carboxylic acid groups (broad SMARTS) is 1. The summed E-state index contributed by atoms with van der Waals surface area (Å²) >= 11 is 2.35. The molecule has 4 fully saturated rings. The van der Waals surface area contributed by atoms with E-state index in [0.29, 0.717) is 69.7 Å². The van der Waals surface area contributed by atoms with Crippen LogP contribution in [-0.2, 0) is 34.9 Å². The average molecular weight is 1120 g/mol. The van der Waals surface area contributed by atoms with E-state index in [1.807, 2.05) is 0 Å². The van der Waals surface area contributed by atoms with Crippen LogP contribution in [-0.4, -0.2) is 134 Å². The molecule has 0 aromatic carbocycles. The van der Waals surface area contributed by atoms with Crippen molar-refractivity contribution in [2.24, 2.45) is 5.41 Å². The van der Waals surface area contributed by atoms with Gasteiger partial charge < -0.3 is 43.6 Å². The molecule has 0 atom stereocenters. The Morgan fingerprint density at radius 3 is 1.55 bits per heavy atom. The minimum absolute atomic E-state index is 0. The number of rotatable bonds is 12. The van der Waals surface area contributed by atoms with Gasteiger partial charge in [-0.3, -0.25) is 14.8 Å². The molecule has 0 saturated carbocycles. The number of carbonyl (C=O) groups is 2. The monoisotopic (exact) mass is 1120 g/mol. The van der Waals surface area contributed by atoms with Gasteiger partial charge in [-0.25, -0.2) is 14.8 Å². The number of aromatic nitrogens is 12. The van der Waals surface area contributed by atoms with Gasteiger partial charge in [-0.2, -0.15) is 36.3 Å². The second kappa shape index (κ2) is 22.9. The first-order chi connectivity index (χ1) is 37.0. The Kier molecular flexibility index (Phi) is 16.1. The topological polar surface area (TPSA) is 276 Å². The molecule has 4 aliphatic rings. The van der Waals surface area contributed by atoms with Gasteiger partial charge in [-0.1, -0.05) is 17.7 Å². The number of thiophene rings is 2. The molecule has 4 aliphatic heterocycles. The number of aromatic carboxylic acids is 1. The van der Waals surface area contributed by atoms with Gasteiger partial charge >= 0.3 is 30.1 Å². The Hall–Kier alpha value is -8.00. The molecule has 0 radical (unpaired) electrons. The lowest BCUT2D eigenvalue weighted by molar-refractivity contribution is -0.160. The molecule has 78 heavy (non-hydrogen) atoms. The van der Waals surface area contributed by atoms with Crippen molar-refractivity contribution in [2.75, 3.05) is 55.9 Å². The van der Waals surface area contributed by atoms with Crippen LogP contribution in [0, 0.1) is 5.41 Å². The van der Waals surface area contributed by atoms with Crippen LogP contribution in [0.2, 0.25) is 0 Å². The summed E-state index contributed by atoms with van der Waals surface area (Å²) in [7, 11) is 0. The lowest BCUT2D eigenvalue weighted by atomic mass is 9.85. The van der Waals surface area contributed by atoms with Crippen LogP contribution >= 0.6 is 22.7 Å². The second-order valence-corrected chi connectivity index (χ2v) is 20.1. The van der Waals surface area contributed by atoms with Gasteiger partial charge in [0.1, 0.15) is 0 Å². The molecule has 8 aromatic heterocycles. The fraction of sp³-hybridized carbons (Fsp3) is 0.362. The molecule has 12 rings (SSSR count). The number of anilines is 4. The highest BCUT2D eigenvalue weighted by atomic mass is 32.1. The molecule has 0 aliphatic carbocycles. The number of hydrogen-bond acceptors (Lipinski definition) is 23. The van der Waals surface area contributed by atoms with E-state index in [0.717, 1.165) is 35.8 Å². The Morgan fingerprint density at radius 2 is 1.19 bits per heavy atom. The van der Waals surface area contributed by atoms with Crippen molar-refractivity contribution in [2.45, 2.75) is 57.7 Å². The Balaban J connectivity index is 0.000000166. The smallest absolute Gasteiger partial charge is 0.471 e. The fourth-order valence-corrected chi connectivity index (χ4v) is 10.1. The average Bonchev–Trinajstić information content (AvgIpc) is 4.31. The summed E-state index contributed by atoms with van der Waals surface area (Å²) in [6.07, 6.45) is 3.17. The van der Waals surface area contributed by atoms with E-state index < -0.39 is 30.1 Å². The zero-order valence-electron chi connectivity index (χ0n) is 39.8. The third-order valence-electron chi connectivity index (χ3n) is 12.3. The van der Waals surface area contributed by atoms with Crippen molar-refractivity contribution in [1.29, 1.82) is 0 Å². The largest absolute Gasteiger partial charge is 0.476 e.